The quantitative estimate of drug-likeness (QED) is 0.874. The third kappa shape index (κ3) is 3.60. The highest BCUT2D eigenvalue weighted by molar-refractivity contribution is 7.99. The van der Waals surface area contributed by atoms with Gasteiger partial charge >= 0.3 is 5.97 Å². The van der Waals surface area contributed by atoms with Crippen LogP contribution in [0.1, 0.15) is 26.3 Å². The maximum absolute atomic E-state index is 10.8. The van der Waals surface area contributed by atoms with Crippen LogP contribution in [0.2, 0.25) is 0 Å². The summed E-state index contributed by atoms with van der Waals surface area (Å²) in [6.07, 6.45) is 3.52. The molecule has 0 radical (unpaired) electrons. The van der Waals surface area contributed by atoms with Crippen molar-refractivity contribution in [2.45, 2.75) is 38.4 Å². The molecule has 0 fully saturated rings. The Kier molecular flexibility index (Phi) is 4.32. The number of rotatable bonds is 4. The molecule has 21 heavy (non-hydrogen) atoms. The van der Waals surface area contributed by atoms with E-state index in [9.17, 15) is 4.79 Å². The first kappa shape index (κ1) is 15.5. The summed E-state index contributed by atoms with van der Waals surface area (Å²) in [6.45, 7) is 8.07. The van der Waals surface area contributed by atoms with Gasteiger partial charge in [0.1, 0.15) is 0 Å². The van der Waals surface area contributed by atoms with Crippen LogP contribution in [0.15, 0.2) is 23.6 Å². The highest BCUT2D eigenvalue weighted by Gasteiger charge is 2.24. The van der Waals surface area contributed by atoms with Crippen LogP contribution < -0.4 is 0 Å². The Bertz CT molecular complexity index is 661. The topological polar surface area (TPSA) is 80.9 Å². The lowest BCUT2D eigenvalue weighted by molar-refractivity contribution is -0.133. The summed E-state index contributed by atoms with van der Waals surface area (Å²) >= 11 is 1.17. The van der Waals surface area contributed by atoms with Crippen molar-refractivity contribution >= 4 is 17.7 Å². The molecule has 0 saturated heterocycles. The summed E-state index contributed by atoms with van der Waals surface area (Å²) in [6, 6.07) is 1.99. The molecular weight excluding hydrogens is 288 g/mol. The second kappa shape index (κ2) is 5.85. The molecule has 112 valence electrons. The number of hydrogen-bond acceptors (Lipinski definition) is 5. The molecule has 2 rings (SSSR count). The van der Waals surface area contributed by atoms with Gasteiger partial charge in [-0.3, -0.25) is 14.3 Å². The highest BCUT2D eigenvalue weighted by atomic mass is 32.2. The van der Waals surface area contributed by atoms with Gasteiger partial charge in [-0.25, -0.2) is 0 Å². The van der Waals surface area contributed by atoms with Gasteiger partial charge in [0.15, 0.2) is 11.0 Å². The average molecular weight is 306 g/mol. The fourth-order valence-electron chi connectivity index (χ4n) is 1.96. The smallest absolute Gasteiger partial charge is 0.313 e. The van der Waals surface area contributed by atoms with Gasteiger partial charge in [-0.1, -0.05) is 11.8 Å². The second-order valence-corrected chi connectivity index (χ2v) is 6.69. The van der Waals surface area contributed by atoms with Crippen LogP contribution in [0.3, 0.4) is 0 Å². The Hall–Kier alpha value is -1.89. The van der Waals surface area contributed by atoms with Crippen LogP contribution in [0, 0.1) is 6.92 Å². The zero-order chi connectivity index (χ0) is 15.6. The monoisotopic (exact) mass is 306 g/mol. The Balaban J connectivity index is 2.49. The number of nitrogens with zero attached hydrogens (tertiary/aromatic N) is 4. The van der Waals surface area contributed by atoms with E-state index in [0.717, 1.165) is 11.1 Å². The number of thioether (sulfide) groups is 1. The third-order valence-corrected chi connectivity index (χ3v) is 3.68. The van der Waals surface area contributed by atoms with Crippen LogP contribution in [-0.2, 0) is 10.3 Å². The van der Waals surface area contributed by atoms with E-state index in [2.05, 4.69) is 15.2 Å². The van der Waals surface area contributed by atoms with Crippen molar-refractivity contribution in [3.05, 3.63) is 24.0 Å². The molecule has 6 nitrogen and oxygen atoms in total. The van der Waals surface area contributed by atoms with E-state index in [1.165, 1.54) is 11.8 Å². The van der Waals surface area contributed by atoms with Crippen molar-refractivity contribution < 1.29 is 9.90 Å². The normalized spacial score (nSPS) is 11.6. The van der Waals surface area contributed by atoms with E-state index in [4.69, 9.17) is 5.11 Å². The number of carboxylic acid groups (broad SMARTS) is 1. The van der Waals surface area contributed by atoms with E-state index in [1.54, 1.807) is 12.4 Å². The first-order chi connectivity index (χ1) is 9.79. The SMILES string of the molecule is Cc1cncc(-c2nnc(SCC(=O)O)n2C(C)(C)C)c1. The van der Waals surface area contributed by atoms with E-state index >= 15 is 0 Å². The molecule has 2 aromatic heterocycles. The molecule has 0 unspecified atom stereocenters. The Morgan fingerprint density at radius 1 is 1.33 bits per heavy atom. The minimum absolute atomic E-state index is 0.0414. The number of aryl methyl sites for hydroxylation is 1. The zero-order valence-electron chi connectivity index (χ0n) is 12.5. The zero-order valence-corrected chi connectivity index (χ0v) is 13.3. The van der Waals surface area contributed by atoms with E-state index in [-0.39, 0.29) is 11.3 Å². The van der Waals surface area contributed by atoms with Crippen LogP contribution in [0.4, 0.5) is 0 Å². The van der Waals surface area contributed by atoms with Gasteiger partial charge in [0.2, 0.25) is 0 Å². The van der Waals surface area contributed by atoms with Crippen molar-refractivity contribution in [2.24, 2.45) is 0 Å². The molecule has 0 atom stereocenters. The van der Waals surface area contributed by atoms with Gasteiger partial charge in [0.25, 0.3) is 0 Å². The van der Waals surface area contributed by atoms with Crippen molar-refractivity contribution in [2.75, 3.05) is 5.75 Å². The molecule has 2 aromatic rings. The van der Waals surface area contributed by atoms with Gasteiger partial charge in [0, 0.05) is 23.5 Å². The fraction of sp³-hybridized carbons (Fsp3) is 0.429. The summed E-state index contributed by atoms with van der Waals surface area (Å²) in [5.74, 6) is -0.214. The maximum atomic E-state index is 10.8. The molecule has 7 heteroatoms. The first-order valence-corrected chi connectivity index (χ1v) is 7.50. The van der Waals surface area contributed by atoms with Gasteiger partial charge in [-0.15, -0.1) is 10.2 Å². The van der Waals surface area contributed by atoms with Gasteiger partial charge in [-0.2, -0.15) is 0 Å². The average Bonchev–Trinajstić information content (AvgIpc) is 2.80. The lowest BCUT2D eigenvalue weighted by Gasteiger charge is -2.24. The lowest BCUT2D eigenvalue weighted by atomic mass is 10.1. The molecule has 0 aliphatic carbocycles. The van der Waals surface area contributed by atoms with Crippen molar-refractivity contribution in [3.8, 4) is 11.4 Å². The van der Waals surface area contributed by atoms with Crippen molar-refractivity contribution in [1.29, 1.82) is 0 Å². The molecule has 0 aliphatic heterocycles. The van der Waals surface area contributed by atoms with E-state index in [1.807, 2.05) is 38.3 Å². The summed E-state index contributed by atoms with van der Waals surface area (Å²) in [4.78, 5) is 15.0. The molecule has 0 spiro atoms. The highest BCUT2D eigenvalue weighted by Crippen LogP contribution is 2.30. The van der Waals surface area contributed by atoms with Crippen LogP contribution in [0.25, 0.3) is 11.4 Å². The van der Waals surface area contributed by atoms with Crippen LogP contribution in [-0.4, -0.2) is 36.6 Å². The first-order valence-electron chi connectivity index (χ1n) is 6.51. The van der Waals surface area contributed by atoms with E-state index in [0.29, 0.717) is 11.0 Å². The number of aromatic nitrogens is 4. The summed E-state index contributed by atoms with van der Waals surface area (Å²) < 4.78 is 1.96. The summed E-state index contributed by atoms with van der Waals surface area (Å²) in [7, 11) is 0. The number of aliphatic carboxylic acids is 1. The van der Waals surface area contributed by atoms with E-state index < -0.39 is 5.97 Å². The van der Waals surface area contributed by atoms with Gasteiger partial charge in [0.05, 0.1) is 5.75 Å². The Labute approximate surface area is 127 Å². The molecule has 1 N–H and O–H groups in total. The molecule has 0 amide bonds. The second-order valence-electron chi connectivity index (χ2n) is 5.75. The number of carboxylic acids is 1. The summed E-state index contributed by atoms with van der Waals surface area (Å²) in [5, 5.41) is 17.8. The number of carbonyl (C=O) groups is 1. The fourth-order valence-corrected chi connectivity index (χ4v) is 2.80. The minimum Gasteiger partial charge on any atom is -0.481 e. The van der Waals surface area contributed by atoms with Crippen LogP contribution >= 0.6 is 11.8 Å². The molecule has 0 aromatic carbocycles. The van der Waals surface area contributed by atoms with Gasteiger partial charge < -0.3 is 5.11 Å². The van der Waals surface area contributed by atoms with Crippen molar-refractivity contribution in [3.63, 3.8) is 0 Å². The lowest BCUT2D eigenvalue weighted by Crippen LogP contribution is -2.24. The predicted molar refractivity (Wildman–Crippen MR) is 81.3 cm³/mol. The molecule has 0 aliphatic rings. The molecule has 2 heterocycles. The maximum Gasteiger partial charge on any atom is 0.313 e. The third-order valence-electron chi connectivity index (χ3n) is 2.76. The largest absolute Gasteiger partial charge is 0.481 e. The molecular formula is C14H18N4O2S. The van der Waals surface area contributed by atoms with Crippen LogP contribution in [0.5, 0.6) is 0 Å². The molecule has 0 saturated carbocycles. The predicted octanol–water partition coefficient (Wildman–Crippen LogP) is 2.58. The number of hydrogen-bond donors (Lipinski definition) is 1. The van der Waals surface area contributed by atoms with Gasteiger partial charge in [-0.05, 0) is 39.3 Å². The number of pyridine rings is 1. The minimum atomic E-state index is -0.873. The Morgan fingerprint density at radius 2 is 2.05 bits per heavy atom. The molecule has 0 bridgehead atoms. The summed E-state index contributed by atoms with van der Waals surface area (Å²) in [5.41, 5.74) is 1.65. The Morgan fingerprint density at radius 3 is 2.62 bits per heavy atom. The van der Waals surface area contributed by atoms with Crippen molar-refractivity contribution in [1.82, 2.24) is 19.7 Å². The standard InChI is InChI=1S/C14H18N4O2S/c1-9-5-10(7-15-6-9)12-16-17-13(21-8-11(19)20)18(12)14(2,3)4/h5-7H,8H2,1-4H3,(H,19,20).